The number of aromatic nitrogens is 3. The number of halogens is 1. The van der Waals surface area contributed by atoms with E-state index in [1.54, 1.807) is 30.0 Å². The lowest BCUT2D eigenvalue weighted by Gasteiger charge is -2.28. The molecule has 0 radical (unpaired) electrons. The number of hydrogen-bond donors (Lipinski definition) is 1. The van der Waals surface area contributed by atoms with Crippen molar-refractivity contribution in [3.05, 3.63) is 76.7 Å². The van der Waals surface area contributed by atoms with Crippen molar-refractivity contribution in [3.8, 4) is 5.75 Å². The summed E-state index contributed by atoms with van der Waals surface area (Å²) in [7, 11) is 1.60. The first-order chi connectivity index (χ1) is 15.9. The number of methoxy groups -OCH3 is 1. The number of rotatable bonds is 7. The fourth-order valence-corrected chi connectivity index (χ4v) is 4.40. The molecule has 33 heavy (non-hydrogen) atoms. The van der Waals surface area contributed by atoms with E-state index < -0.39 is 12.0 Å². The molecule has 0 saturated heterocycles. The number of thioether (sulfide) groups is 1. The summed E-state index contributed by atoms with van der Waals surface area (Å²) in [6.07, 6.45) is -0.265. The van der Waals surface area contributed by atoms with Gasteiger partial charge in [-0.25, -0.2) is 13.9 Å². The van der Waals surface area contributed by atoms with Crippen LogP contribution in [-0.2, 0) is 15.3 Å². The third-order valence-electron chi connectivity index (χ3n) is 5.14. The summed E-state index contributed by atoms with van der Waals surface area (Å²) < 4.78 is 26.5. The van der Waals surface area contributed by atoms with Crippen molar-refractivity contribution < 1.29 is 18.7 Å². The average Bonchev–Trinajstić information content (AvgIpc) is 3.19. The molecular formula is C24H25FN4O3S. The normalized spacial score (nSPS) is 15.3. The Bertz CT molecular complexity index is 1190. The Labute approximate surface area is 196 Å². The van der Waals surface area contributed by atoms with Crippen molar-refractivity contribution in [1.82, 2.24) is 14.8 Å². The Morgan fingerprint density at radius 2 is 1.94 bits per heavy atom. The topological polar surface area (TPSA) is 78.3 Å². The minimum Gasteiger partial charge on any atom is -0.497 e. The van der Waals surface area contributed by atoms with Gasteiger partial charge in [0.1, 0.15) is 17.6 Å². The molecule has 0 aliphatic carbocycles. The maximum absolute atomic E-state index is 14.0. The molecule has 172 valence electrons. The van der Waals surface area contributed by atoms with Crippen LogP contribution in [0.4, 0.5) is 10.3 Å². The molecule has 3 aromatic rings. The molecule has 1 aliphatic rings. The van der Waals surface area contributed by atoms with E-state index >= 15 is 0 Å². The lowest BCUT2D eigenvalue weighted by atomic mass is 9.95. The van der Waals surface area contributed by atoms with Gasteiger partial charge in [0.05, 0.1) is 18.8 Å². The number of ether oxygens (including phenoxy) is 2. The predicted molar refractivity (Wildman–Crippen MR) is 125 cm³/mol. The lowest BCUT2D eigenvalue weighted by Crippen LogP contribution is -2.30. The van der Waals surface area contributed by atoms with Crippen LogP contribution >= 0.6 is 11.8 Å². The number of carbonyl (C=O) groups is 1. The van der Waals surface area contributed by atoms with Crippen LogP contribution in [0.5, 0.6) is 5.75 Å². The average molecular weight is 469 g/mol. The first-order valence-corrected chi connectivity index (χ1v) is 11.5. The van der Waals surface area contributed by atoms with Gasteiger partial charge in [0.25, 0.3) is 0 Å². The molecule has 0 fully saturated rings. The minimum absolute atomic E-state index is 0.264. The molecule has 4 rings (SSSR count). The molecule has 0 saturated carbocycles. The van der Waals surface area contributed by atoms with E-state index in [1.165, 1.54) is 17.8 Å². The van der Waals surface area contributed by atoms with E-state index in [9.17, 15) is 9.18 Å². The van der Waals surface area contributed by atoms with Crippen LogP contribution in [0.3, 0.4) is 0 Å². The summed E-state index contributed by atoms with van der Waals surface area (Å²) in [4.78, 5) is 17.6. The maximum atomic E-state index is 14.0. The van der Waals surface area contributed by atoms with E-state index in [0.29, 0.717) is 39.4 Å². The summed E-state index contributed by atoms with van der Waals surface area (Å²) >= 11 is 1.33. The van der Waals surface area contributed by atoms with Gasteiger partial charge in [-0.1, -0.05) is 42.1 Å². The number of benzene rings is 2. The zero-order valence-corrected chi connectivity index (χ0v) is 19.6. The Morgan fingerprint density at radius 1 is 1.21 bits per heavy atom. The number of esters is 1. The van der Waals surface area contributed by atoms with Gasteiger partial charge in [0.2, 0.25) is 11.1 Å². The highest BCUT2D eigenvalue weighted by atomic mass is 32.2. The van der Waals surface area contributed by atoms with Gasteiger partial charge >= 0.3 is 5.97 Å². The molecule has 1 unspecified atom stereocenters. The molecule has 0 spiro atoms. The molecule has 7 nitrogen and oxygen atoms in total. The predicted octanol–water partition coefficient (Wildman–Crippen LogP) is 4.96. The van der Waals surface area contributed by atoms with Gasteiger partial charge in [-0.05, 0) is 50.1 Å². The van der Waals surface area contributed by atoms with E-state index in [0.717, 1.165) is 5.56 Å². The monoisotopic (exact) mass is 468 g/mol. The van der Waals surface area contributed by atoms with Crippen molar-refractivity contribution in [2.45, 2.75) is 43.8 Å². The molecular weight excluding hydrogens is 443 g/mol. The molecule has 9 heteroatoms. The fraction of sp³-hybridized carbons (Fsp3) is 0.292. The van der Waals surface area contributed by atoms with E-state index in [1.807, 2.05) is 45.0 Å². The van der Waals surface area contributed by atoms with Gasteiger partial charge in [0.15, 0.2) is 0 Å². The van der Waals surface area contributed by atoms with Gasteiger partial charge in [-0.3, -0.25) is 0 Å². The van der Waals surface area contributed by atoms with Crippen molar-refractivity contribution in [2.75, 3.05) is 12.4 Å². The summed E-state index contributed by atoms with van der Waals surface area (Å²) in [5, 5.41) is 8.30. The zero-order valence-electron chi connectivity index (χ0n) is 18.8. The number of anilines is 1. The van der Waals surface area contributed by atoms with Crippen molar-refractivity contribution in [3.63, 3.8) is 0 Å². The van der Waals surface area contributed by atoms with Gasteiger partial charge in [-0.2, -0.15) is 4.98 Å². The third kappa shape index (κ3) is 4.88. The largest absolute Gasteiger partial charge is 0.497 e. The Hall–Kier alpha value is -3.33. The highest BCUT2D eigenvalue weighted by Crippen LogP contribution is 2.37. The first kappa shape index (κ1) is 22.8. The smallest absolute Gasteiger partial charge is 0.338 e. The molecule has 1 aliphatic heterocycles. The standard InChI is InChI=1S/C24H25FN4O3S/c1-14(2)32-22(30)20-15(3)26-23-27-24(33-13-17-7-5-6-8-19(17)25)28-29(23)21(20)16-9-11-18(31-4)12-10-16/h5-12,14,21H,13H2,1-4H3,(H,26,27,28). The Morgan fingerprint density at radius 3 is 2.61 bits per heavy atom. The maximum Gasteiger partial charge on any atom is 0.338 e. The summed E-state index contributed by atoms with van der Waals surface area (Å²) in [5.74, 6) is 0.917. The van der Waals surface area contributed by atoms with Gasteiger partial charge in [0, 0.05) is 11.4 Å². The van der Waals surface area contributed by atoms with E-state index in [4.69, 9.17) is 9.47 Å². The number of nitrogens with zero attached hydrogens (tertiary/aromatic N) is 3. The van der Waals surface area contributed by atoms with Crippen molar-refractivity contribution in [2.24, 2.45) is 0 Å². The summed E-state index contributed by atoms with van der Waals surface area (Å²) in [6.45, 7) is 5.44. The quantitative estimate of drug-likeness (QED) is 0.388. The third-order valence-corrected chi connectivity index (χ3v) is 6.03. The van der Waals surface area contributed by atoms with Crippen molar-refractivity contribution in [1.29, 1.82) is 0 Å². The summed E-state index contributed by atoms with van der Waals surface area (Å²) in [5.41, 5.74) is 2.51. The van der Waals surface area contributed by atoms with Crippen LogP contribution in [-0.4, -0.2) is 33.9 Å². The second-order valence-corrected chi connectivity index (χ2v) is 8.78. The fourth-order valence-electron chi connectivity index (χ4n) is 3.59. The van der Waals surface area contributed by atoms with Crippen LogP contribution in [0.1, 0.15) is 37.9 Å². The number of allylic oxidation sites excluding steroid dienone is 1. The highest BCUT2D eigenvalue weighted by molar-refractivity contribution is 7.98. The number of fused-ring (bicyclic) bond motifs is 1. The lowest BCUT2D eigenvalue weighted by molar-refractivity contribution is -0.143. The summed E-state index contributed by atoms with van der Waals surface area (Å²) in [6, 6.07) is 13.5. The molecule has 0 bridgehead atoms. The second kappa shape index (κ2) is 9.66. The number of hydrogen-bond acceptors (Lipinski definition) is 7. The molecule has 1 N–H and O–H groups in total. The SMILES string of the molecule is COc1ccc(C2C(C(=O)OC(C)C)=C(C)Nc3nc(SCc4ccccc4F)nn32)cc1. The van der Waals surface area contributed by atoms with E-state index in [-0.39, 0.29) is 11.9 Å². The highest BCUT2D eigenvalue weighted by Gasteiger charge is 2.35. The van der Waals surface area contributed by atoms with Crippen LogP contribution in [0.15, 0.2) is 65.0 Å². The minimum atomic E-state index is -0.534. The van der Waals surface area contributed by atoms with Gasteiger partial charge < -0.3 is 14.8 Å². The Balaban J connectivity index is 1.70. The van der Waals surface area contributed by atoms with E-state index in [2.05, 4.69) is 15.4 Å². The van der Waals surface area contributed by atoms with Crippen LogP contribution in [0.25, 0.3) is 0 Å². The van der Waals surface area contributed by atoms with Crippen molar-refractivity contribution >= 4 is 23.7 Å². The molecule has 0 amide bonds. The first-order valence-electron chi connectivity index (χ1n) is 10.5. The molecule has 2 heterocycles. The molecule has 1 aromatic heterocycles. The number of nitrogens with one attached hydrogen (secondary N) is 1. The van der Waals surface area contributed by atoms with Crippen LogP contribution in [0.2, 0.25) is 0 Å². The molecule has 1 atom stereocenters. The van der Waals surface area contributed by atoms with Crippen LogP contribution in [0, 0.1) is 5.82 Å². The second-order valence-electron chi connectivity index (χ2n) is 7.84. The van der Waals surface area contributed by atoms with Gasteiger partial charge in [-0.15, -0.1) is 5.10 Å². The van der Waals surface area contributed by atoms with Crippen LogP contribution < -0.4 is 10.1 Å². The molecule has 2 aromatic carbocycles. The zero-order chi connectivity index (χ0) is 23.5. The Kier molecular flexibility index (Phi) is 6.69. The number of carbonyl (C=O) groups excluding carboxylic acids is 1.